The number of carbonyl (C=O) groups excluding carboxylic acids is 4. The van der Waals surface area contributed by atoms with Gasteiger partial charge in [0.1, 0.15) is 5.69 Å². The first kappa shape index (κ1) is 32.7. The number of imide groups is 1. The molecule has 11 nitrogen and oxygen atoms in total. The predicted molar refractivity (Wildman–Crippen MR) is 167 cm³/mol. The van der Waals surface area contributed by atoms with Crippen molar-refractivity contribution >= 4 is 34.5 Å². The molecule has 0 saturated carbocycles. The van der Waals surface area contributed by atoms with Crippen LogP contribution in [0.5, 0.6) is 0 Å². The molecule has 0 aliphatic carbocycles. The molecule has 44 heavy (non-hydrogen) atoms. The molecule has 2 aromatic carbocycles. The number of hydrogen-bond acceptors (Lipinski definition) is 8. The molecule has 0 bridgehead atoms. The Kier molecular flexibility index (Phi) is 10.1. The van der Waals surface area contributed by atoms with E-state index in [1.165, 1.54) is 6.07 Å². The molecule has 2 unspecified atom stereocenters. The van der Waals surface area contributed by atoms with E-state index in [1.807, 2.05) is 68.1 Å². The third-order valence-electron chi connectivity index (χ3n) is 8.31. The average molecular weight is 603 g/mol. The number of hydrogen-bond donors (Lipinski definition) is 4. The number of benzene rings is 2. The summed E-state index contributed by atoms with van der Waals surface area (Å²) in [4.78, 5) is 60.7. The molecule has 4 rings (SSSR count). The maximum atomic E-state index is 14.4. The van der Waals surface area contributed by atoms with Crippen LogP contribution in [0.1, 0.15) is 56.1 Å². The molecule has 2 heterocycles. The van der Waals surface area contributed by atoms with Crippen molar-refractivity contribution in [3.63, 3.8) is 0 Å². The van der Waals surface area contributed by atoms with Gasteiger partial charge in [-0.05, 0) is 64.3 Å². The van der Waals surface area contributed by atoms with Gasteiger partial charge in [-0.15, -0.1) is 0 Å². The number of carbonyl (C=O) groups is 4. The average Bonchev–Trinajstić information content (AvgIpc) is 3.44. The van der Waals surface area contributed by atoms with E-state index in [4.69, 9.17) is 17.2 Å². The Morgan fingerprint density at radius 3 is 2.30 bits per heavy atom. The number of rotatable bonds is 11. The van der Waals surface area contributed by atoms with E-state index in [9.17, 15) is 24.3 Å². The summed E-state index contributed by atoms with van der Waals surface area (Å²) >= 11 is 0. The Morgan fingerprint density at radius 1 is 1.00 bits per heavy atom. The molecular weight excluding hydrogens is 560 g/mol. The SMILES string of the molecule is CC(C)(C)N1CC[C@@H](C(C(O)CCc2ccccc2)N(C(=O)c2ccc3ccccc3n2)C(=O)[C@@H](N)CC(N)=O)[C@@H]1C(N)=O. The van der Waals surface area contributed by atoms with Gasteiger partial charge < -0.3 is 22.3 Å². The predicted octanol–water partition coefficient (Wildman–Crippen LogP) is 1.74. The number of primary amides is 2. The molecule has 4 amide bonds. The highest BCUT2D eigenvalue weighted by atomic mass is 16.3. The summed E-state index contributed by atoms with van der Waals surface area (Å²) in [6.07, 6.45) is -0.813. The number of pyridine rings is 1. The number of aryl methyl sites for hydroxylation is 1. The van der Waals surface area contributed by atoms with Crippen molar-refractivity contribution in [1.29, 1.82) is 0 Å². The molecule has 0 radical (unpaired) electrons. The molecule has 1 aromatic heterocycles. The zero-order valence-corrected chi connectivity index (χ0v) is 25.4. The third kappa shape index (κ3) is 7.29. The van der Waals surface area contributed by atoms with E-state index in [0.29, 0.717) is 24.9 Å². The molecule has 1 aliphatic rings. The lowest BCUT2D eigenvalue weighted by Crippen LogP contribution is -2.62. The first-order valence-corrected chi connectivity index (χ1v) is 14.8. The second-order valence-corrected chi connectivity index (χ2v) is 12.4. The molecule has 1 saturated heterocycles. The topological polar surface area (TPSA) is 186 Å². The first-order chi connectivity index (χ1) is 20.8. The normalized spacial score (nSPS) is 19.3. The summed E-state index contributed by atoms with van der Waals surface area (Å²) in [5, 5.41) is 12.7. The highest BCUT2D eigenvalue weighted by Crippen LogP contribution is 2.37. The number of nitrogens with two attached hydrogens (primary N) is 3. The summed E-state index contributed by atoms with van der Waals surface area (Å²) in [7, 11) is 0. The van der Waals surface area contributed by atoms with Crippen LogP contribution in [0.2, 0.25) is 0 Å². The highest BCUT2D eigenvalue weighted by molar-refractivity contribution is 6.07. The smallest absolute Gasteiger partial charge is 0.279 e. The fourth-order valence-corrected chi connectivity index (χ4v) is 6.24. The number of para-hydroxylation sites is 1. The Hall–Kier alpha value is -4.19. The third-order valence-corrected chi connectivity index (χ3v) is 8.31. The molecule has 5 atom stereocenters. The molecular formula is C33H42N6O5. The lowest BCUT2D eigenvalue weighted by atomic mass is 9.83. The van der Waals surface area contributed by atoms with Gasteiger partial charge in [-0.2, -0.15) is 0 Å². The van der Waals surface area contributed by atoms with Crippen LogP contribution in [-0.4, -0.2) is 79.8 Å². The van der Waals surface area contributed by atoms with Crippen molar-refractivity contribution in [3.05, 3.63) is 78.0 Å². The molecule has 7 N–H and O–H groups in total. The minimum Gasteiger partial charge on any atom is -0.391 e. The Morgan fingerprint density at radius 2 is 1.66 bits per heavy atom. The second kappa shape index (κ2) is 13.6. The molecule has 1 fully saturated rings. The largest absolute Gasteiger partial charge is 0.391 e. The van der Waals surface area contributed by atoms with Crippen molar-refractivity contribution in [2.75, 3.05) is 6.54 Å². The fraction of sp³-hybridized carbons (Fsp3) is 0.424. The Bertz CT molecular complexity index is 1510. The second-order valence-electron chi connectivity index (χ2n) is 12.4. The van der Waals surface area contributed by atoms with E-state index in [0.717, 1.165) is 15.8 Å². The number of aliphatic hydroxyl groups excluding tert-OH is 1. The van der Waals surface area contributed by atoms with E-state index < -0.39 is 65.7 Å². The van der Waals surface area contributed by atoms with Gasteiger partial charge in [-0.25, -0.2) is 4.98 Å². The van der Waals surface area contributed by atoms with Crippen LogP contribution in [-0.2, 0) is 20.8 Å². The molecule has 0 spiro atoms. The molecule has 3 aromatic rings. The number of aliphatic hydroxyl groups is 1. The maximum absolute atomic E-state index is 14.4. The first-order valence-electron chi connectivity index (χ1n) is 14.8. The lowest BCUT2D eigenvalue weighted by Gasteiger charge is -2.42. The van der Waals surface area contributed by atoms with Crippen molar-refractivity contribution in [1.82, 2.24) is 14.8 Å². The van der Waals surface area contributed by atoms with Crippen LogP contribution in [0, 0.1) is 5.92 Å². The van der Waals surface area contributed by atoms with Crippen LogP contribution in [0.15, 0.2) is 66.7 Å². The monoisotopic (exact) mass is 602 g/mol. The van der Waals surface area contributed by atoms with Crippen LogP contribution >= 0.6 is 0 Å². The number of aromatic nitrogens is 1. The zero-order valence-electron chi connectivity index (χ0n) is 25.4. The number of likely N-dealkylation sites (tertiary alicyclic amines) is 1. The van der Waals surface area contributed by atoms with Crippen LogP contribution < -0.4 is 17.2 Å². The van der Waals surface area contributed by atoms with Crippen molar-refractivity contribution in [2.45, 2.75) is 76.2 Å². The Labute approximate surface area is 257 Å². The minimum atomic E-state index is -1.46. The summed E-state index contributed by atoms with van der Waals surface area (Å²) in [6, 6.07) is 16.3. The summed E-state index contributed by atoms with van der Waals surface area (Å²) in [5.41, 5.74) is 18.5. The zero-order chi connectivity index (χ0) is 32.2. The molecule has 234 valence electrons. The minimum absolute atomic E-state index is 0.0510. The van der Waals surface area contributed by atoms with Crippen molar-refractivity contribution < 1.29 is 24.3 Å². The molecule has 1 aliphatic heterocycles. The van der Waals surface area contributed by atoms with E-state index in [2.05, 4.69) is 4.98 Å². The van der Waals surface area contributed by atoms with Gasteiger partial charge in [-0.1, -0.05) is 54.6 Å². The van der Waals surface area contributed by atoms with Crippen molar-refractivity contribution in [3.8, 4) is 0 Å². The van der Waals surface area contributed by atoms with Gasteiger partial charge in [-0.3, -0.25) is 29.0 Å². The summed E-state index contributed by atoms with van der Waals surface area (Å²) < 4.78 is 0. The van der Waals surface area contributed by atoms with Gasteiger partial charge in [0.25, 0.3) is 5.91 Å². The van der Waals surface area contributed by atoms with Gasteiger partial charge in [0.05, 0.1) is 36.2 Å². The molecule has 11 heteroatoms. The standard InChI is InChI=1S/C33H42N6O5/c1-33(2,3)38-18-17-22(29(38)30(36)42)28(26(40)16-13-20-9-5-4-6-10-20)39(31(43)23(34)19-27(35)41)32(44)25-15-14-21-11-7-8-12-24(21)37-25/h4-12,14-15,22-23,26,28-29,40H,13,16-19,34H2,1-3H3,(H2,35,41)(H2,36,42)/t22-,23-,26?,28?,29+/m0/s1. The van der Waals surface area contributed by atoms with Gasteiger partial charge in [0, 0.05) is 16.8 Å². The summed E-state index contributed by atoms with van der Waals surface area (Å²) in [6.45, 7) is 6.29. The van der Waals surface area contributed by atoms with Crippen LogP contribution in [0.25, 0.3) is 10.9 Å². The van der Waals surface area contributed by atoms with Crippen LogP contribution in [0.3, 0.4) is 0 Å². The van der Waals surface area contributed by atoms with Crippen LogP contribution in [0.4, 0.5) is 0 Å². The maximum Gasteiger partial charge on any atom is 0.279 e. The lowest BCUT2D eigenvalue weighted by molar-refractivity contribution is -0.139. The quantitative estimate of drug-likeness (QED) is 0.256. The highest BCUT2D eigenvalue weighted by Gasteiger charge is 2.52. The Balaban J connectivity index is 1.84. The van der Waals surface area contributed by atoms with Gasteiger partial charge in [0.15, 0.2) is 0 Å². The van der Waals surface area contributed by atoms with E-state index in [-0.39, 0.29) is 12.1 Å². The fourth-order valence-electron chi connectivity index (χ4n) is 6.24. The number of amides is 4. The van der Waals surface area contributed by atoms with E-state index >= 15 is 0 Å². The van der Waals surface area contributed by atoms with Gasteiger partial charge >= 0.3 is 0 Å². The van der Waals surface area contributed by atoms with E-state index in [1.54, 1.807) is 18.2 Å². The van der Waals surface area contributed by atoms with Crippen molar-refractivity contribution in [2.24, 2.45) is 23.1 Å². The number of nitrogens with zero attached hydrogens (tertiary/aromatic N) is 3. The summed E-state index contributed by atoms with van der Waals surface area (Å²) in [5.74, 6) is -3.88. The van der Waals surface area contributed by atoms with Gasteiger partial charge in [0.2, 0.25) is 17.7 Å². The number of fused-ring (bicyclic) bond motifs is 1.